The van der Waals surface area contributed by atoms with Gasteiger partial charge >= 0.3 is 5.97 Å². The van der Waals surface area contributed by atoms with E-state index in [1.807, 2.05) is 6.92 Å². The molecule has 0 heterocycles. The van der Waals surface area contributed by atoms with E-state index in [-0.39, 0.29) is 12.3 Å². The van der Waals surface area contributed by atoms with Crippen LogP contribution < -0.4 is 10.1 Å². The first kappa shape index (κ1) is 17.6. The van der Waals surface area contributed by atoms with Crippen molar-refractivity contribution in [2.75, 3.05) is 0 Å². The number of halogens is 1. The molecule has 0 aromatic heterocycles. The molecule has 0 spiro atoms. The van der Waals surface area contributed by atoms with E-state index in [4.69, 9.17) is 21.4 Å². The molecule has 0 bridgehead atoms. The van der Waals surface area contributed by atoms with Crippen LogP contribution in [0.25, 0.3) is 0 Å². The van der Waals surface area contributed by atoms with Crippen LogP contribution in [-0.2, 0) is 9.59 Å². The average molecular weight is 340 g/mol. The van der Waals surface area contributed by atoms with Crippen molar-refractivity contribution in [2.45, 2.75) is 57.1 Å². The molecular formula is C17H22ClNO4. The quantitative estimate of drug-likeness (QED) is 0.798. The third-order valence-electron chi connectivity index (χ3n) is 4.21. The lowest BCUT2D eigenvalue weighted by Gasteiger charge is -2.30. The second kappa shape index (κ2) is 7.68. The molecule has 0 aliphatic heterocycles. The number of carboxylic acids is 1. The maximum atomic E-state index is 12.6. The van der Waals surface area contributed by atoms with Gasteiger partial charge in [-0.2, -0.15) is 0 Å². The van der Waals surface area contributed by atoms with Gasteiger partial charge in [0, 0.05) is 0 Å². The van der Waals surface area contributed by atoms with Crippen LogP contribution in [-0.4, -0.2) is 28.6 Å². The molecule has 6 heteroatoms. The average Bonchev–Trinajstić information content (AvgIpc) is 2.93. The lowest BCUT2D eigenvalue weighted by Crippen LogP contribution is -2.52. The molecule has 1 saturated carbocycles. The summed E-state index contributed by atoms with van der Waals surface area (Å²) in [6.07, 6.45) is 2.95. The first-order valence-electron chi connectivity index (χ1n) is 7.91. The van der Waals surface area contributed by atoms with Gasteiger partial charge in [-0.05, 0) is 31.4 Å². The Hall–Kier alpha value is -1.75. The molecule has 23 heavy (non-hydrogen) atoms. The van der Waals surface area contributed by atoms with Crippen LogP contribution in [0.5, 0.6) is 5.75 Å². The highest BCUT2D eigenvalue weighted by Crippen LogP contribution is 2.33. The van der Waals surface area contributed by atoms with E-state index < -0.39 is 17.6 Å². The van der Waals surface area contributed by atoms with Gasteiger partial charge in [-0.1, -0.05) is 43.5 Å². The fourth-order valence-corrected chi connectivity index (χ4v) is 3.23. The van der Waals surface area contributed by atoms with Crippen LogP contribution in [0.1, 0.15) is 45.4 Å². The minimum absolute atomic E-state index is 0.0543. The smallest absolute Gasteiger partial charge is 0.305 e. The Morgan fingerprint density at radius 3 is 2.57 bits per heavy atom. The minimum Gasteiger partial charge on any atom is -0.481 e. The summed E-state index contributed by atoms with van der Waals surface area (Å²) in [4.78, 5) is 23.7. The van der Waals surface area contributed by atoms with Crippen molar-refractivity contribution in [1.29, 1.82) is 0 Å². The number of carbonyl (C=O) groups excluding carboxylic acids is 1. The number of hydrogen-bond donors (Lipinski definition) is 2. The Balaban J connectivity index is 2.07. The van der Waals surface area contributed by atoms with Crippen LogP contribution in [0.2, 0.25) is 5.02 Å². The van der Waals surface area contributed by atoms with Gasteiger partial charge in [-0.3, -0.25) is 9.59 Å². The van der Waals surface area contributed by atoms with E-state index in [2.05, 4.69) is 5.32 Å². The summed E-state index contributed by atoms with van der Waals surface area (Å²) in [5.41, 5.74) is -0.653. The highest BCUT2D eigenvalue weighted by Gasteiger charge is 2.39. The second-order valence-corrected chi connectivity index (χ2v) is 6.40. The van der Waals surface area contributed by atoms with E-state index >= 15 is 0 Å². The lowest BCUT2D eigenvalue weighted by molar-refractivity contribution is -0.139. The number of benzene rings is 1. The third-order valence-corrected chi connectivity index (χ3v) is 4.52. The number of aliphatic carboxylic acids is 1. The molecule has 0 radical (unpaired) electrons. The lowest BCUT2D eigenvalue weighted by atomic mass is 9.92. The summed E-state index contributed by atoms with van der Waals surface area (Å²) in [6, 6.07) is 6.98. The molecule has 1 aliphatic rings. The Morgan fingerprint density at radius 2 is 2.00 bits per heavy atom. The normalized spacial score (nSPS) is 17.5. The zero-order valence-electron chi connectivity index (χ0n) is 13.2. The number of rotatable bonds is 7. The van der Waals surface area contributed by atoms with Crippen molar-refractivity contribution < 1.29 is 19.4 Å². The summed E-state index contributed by atoms with van der Waals surface area (Å²) in [7, 11) is 0. The van der Waals surface area contributed by atoms with Crippen molar-refractivity contribution >= 4 is 23.5 Å². The Bertz CT molecular complexity index is 569. The fraction of sp³-hybridized carbons (Fsp3) is 0.529. The summed E-state index contributed by atoms with van der Waals surface area (Å²) >= 11 is 6.06. The van der Waals surface area contributed by atoms with Crippen molar-refractivity contribution in [1.82, 2.24) is 5.32 Å². The van der Waals surface area contributed by atoms with E-state index in [9.17, 15) is 9.59 Å². The predicted molar refractivity (Wildman–Crippen MR) is 87.8 cm³/mol. The van der Waals surface area contributed by atoms with Gasteiger partial charge in [0.25, 0.3) is 5.91 Å². The number of nitrogens with one attached hydrogen (secondary N) is 1. The molecule has 1 unspecified atom stereocenters. The van der Waals surface area contributed by atoms with Gasteiger partial charge in [0.1, 0.15) is 5.75 Å². The van der Waals surface area contributed by atoms with Crippen LogP contribution in [0.15, 0.2) is 24.3 Å². The van der Waals surface area contributed by atoms with Gasteiger partial charge in [0.2, 0.25) is 0 Å². The fourth-order valence-electron chi connectivity index (χ4n) is 3.04. The molecule has 1 aromatic carbocycles. The van der Waals surface area contributed by atoms with E-state index in [0.29, 0.717) is 30.0 Å². The highest BCUT2D eigenvalue weighted by atomic mass is 35.5. The molecule has 1 aromatic rings. The van der Waals surface area contributed by atoms with E-state index in [0.717, 1.165) is 12.8 Å². The highest BCUT2D eigenvalue weighted by molar-refractivity contribution is 6.32. The van der Waals surface area contributed by atoms with Crippen molar-refractivity contribution in [3.63, 3.8) is 0 Å². The van der Waals surface area contributed by atoms with Gasteiger partial charge in [0.15, 0.2) is 6.10 Å². The molecule has 2 N–H and O–H groups in total. The standard InChI is InChI=1S/C17H22ClNO4/c1-2-13(23-14-8-4-3-7-12(14)18)16(22)19-17(11-15(20)21)9-5-6-10-17/h3-4,7-8,13H,2,5-6,9-11H2,1H3,(H,19,22)(H,20,21). The molecule has 1 fully saturated rings. The number of carbonyl (C=O) groups is 2. The number of carboxylic acid groups (broad SMARTS) is 1. The maximum Gasteiger partial charge on any atom is 0.305 e. The van der Waals surface area contributed by atoms with E-state index in [1.54, 1.807) is 24.3 Å². The van der Waals surface area contributed by atoms with Crippen LogP contribution >= 0.6 is 11.6 Å². The summed E-state index contributed by atoms with van der Waals surface area (Å²) in [5.74, 6) is -0.724. The third kappa shape index (κ3) is 4.61. The predicted octanol–water partition coefficient (Wildman–Crippen LogP) is 3.40. The maximum absolute atomic E-state index is 12.6. The zero-order chi connectivity index (χ0) is 16.9. The van der Waals surface area contributed by atoms with Crippen LogP contribution in [0, 0.1) is 0 Å². The first-order valence-corrected chi connectivity index (χ1v) is 8.28. The number of amides is 1. The largest absolute Gasteiger partial charge is 0.481 e. The Kier molecular flexibility index (Phi) is 5.88. The SMILES string of the molecule is CCC(Oc1ccccc1Cl)C(=O)NC1(CC(=O)O)CCCC1. The van der Waals surface area contributed by atoms with Gasteiger partial charge in [-0.15, -0.1) is 0 Å². The number of hydrogen-bond acceptors (Lipinski definition) is 3. The molecule has 1 aliphatic carbocycles. The monoisotopic (exact) mass is 339 g/mol. The molecule has 2 rings (SSSR count). The second-order valence-electron chi connectivity index (χ2n) is 5.99. The minimum atomic E-state index is -0.896. The first-order chi connectivity index (χ1) is 11.0. The summed E-state index contributed by atoms with van der Waals surface area (Å²) < 4.78 is 5.73. The Labute approximate surface area is 141 Å². The van der Waals surface area contributed by atoms with Gasteiger partial charge in [-0.25, -0.2) is 0 Å². The van der Waals surface area contributed by atoms with E-state index in [1.165, 1.54) is 0 Å². The summed E-state index contributed by atoms with van der Waals surface area (Å²) in [5, 5.41) is 12.5. The van der Waals surface area contributed by atoms with Gasteiger partial charge < -0.3 is 15.2 Å². The number of ether oxygens (including phenoxy) is 1. The number of para-hydroxylation sites is 1. The summed E-state index contributed by atoms with van der Waals surface area (Å²) in [6.45, 7) is 1.85. The van der Waals surface area contributed by atoms with Crippen molar-refractivity contribution in [3.8, 4) is 5.75 Å². The molecule has 1 amide bonds. The van der Waals surface area contributed by atoms with Gasteiger partial charge in [0.05, 0.1) is 17.0 Å². The molecule has 1 atom stereocenters. The molecule has 0 saturated heterocycles. The van der Waals surface area contributed by atoms with Crippen molar-refractivity contribution in [3.05, 3.63) is 29.3 Å². The topological polar surface area (TPSA) is 75.6 Å². The van der Waals surface area contributed by atoms with Crippen LogP contribution in [0.3, 0.4) is 0 Å². The Morgan fingerprint density at radius 1 is 1.35 bits per heavy atom. The molecule has 5 nitrogen and oxygen atoms in total. The van der Waals surface area contributed by atoms with Crippen molar-refractivity contribution in [2.24, 2.45) is 0 Å². The van der Waals surface area contributed by atoms with Crippen LogP contribution in [0.4, 0.5) is 0 Å². The molecule has 126 valence electrons. The molecular weight excluding hydrogens is 318 g/mol. The zero-order valence-corrected chi connectivity index (χ0v) is 13.9.